The average molecular weight is 442 g/mol. The third-order valence-electron chi connectivity index (χ3n) is 6.84. The second-order valence-corrected chi connectivity index (χ2v) is 9.48. The van der Waals surface area contributed by atoms with Crippen LogP contribution in [0, 0.1) is 0 Å². The summed E-state index contributed by atoms with van der Waals surface area (Å²) in [5.74, 6) is 0.641. The second kappa shape index (κ2) is 10.2. The first kappa shape index (κ1) is 22.4. The number of allylic oxidation sites excluding steroid dienone is 2. The topological polar surface area (TPSA) is 52.9 Å². The van der Waals surface area contributed by atoms with Crippen LogP contribution in [0.1, 0.15) is 56.4 Å². The standard InChI is InChI=1S/C26H32ClNO3/c27-24-17-21(9-10-25(24)31-19-20-7-3-1-4-8-20)23(26(30)13-5-2-6-14-26)18-28-15-11-22(29)12-16-28/h3,7-10,17,22-23,29-30H,2,5-6,11-16,18-19H2. The number of piperidine rings is 1. The van der Waals surface area contributed by atoms with E-state index in [1.165, 1.54) is 6.42 Å². The van der Waals surface area contributed by atoms with Crippen LogP contribution in [-0.4, -0.2) is 53.1 Å². The van der Waals surface area contributed by atoms with Crippen LogP contribution in [-0.2, 0) is 0 Å². The summed E-state index contributed by atoms with van der Waals surface area (Å²) in [6.07, 6.45) is 12.0. The van der Waals surface area contributed by atoms with Crippen LogP contribution in [0.2, 0.25) is 5.02 Å². The van der Waals surface area contributed by atoms with Gasteiger partial charge in [-0.1, -0.05) is 48.4 Å². The first-order valence-electron chi connectivity index (χ1n) is 11.5. The van der Waals surface area contributed by atoms with Crippen molar-refractivity contribution in [3.05, 3.63) is 64.0 Å². The largest absolute Gasteiger partial charge is 0.487 e. The van der Waals surface area contributed by atoms with Gasteiger partial charge in [0.05, 0.1) is 16.7 Å². The van der Waals surface area contributed by atoms with Crippen LogP contribution in [0.15, 0.2) is 53.5 Å². The first-order chi connectivity index (χ1) is 15.0. The highest BCUT2D eigenvalue weighted by Crippen LogP contribution is 2.42. The van der Waals surface area contributed by atoms with E-state index in [0.29, 0.717) is 17.4 Å². The highest BCUT2D eigenvalue weighted by atomic mass is 35.5. The summed E-state index contributed by atoms with van der Waals surface area (Å²) in [7, 11) is 0. The number of benzene rings is 1. The Balaban J connectivity index is 1.51. The van der Waals surface area contributed by atoms with Gasteiger partial charge in [-0.3, -0.25) is 0 Å². The van der Waals surface area contributed by atoms with E-state index in [9.17, 15) is 10.2 Å². The zero-order chi connectivity index (χ0) is 21.7. The molecule has 5 heteroatoms. The predicted molar refractivity (Wildman–Crippen MR) is 124 cm³/mol. The summed E-state index contributed by atoms with van der Waals surface area (Å²) in [6, 6.07) is 5.95. The minimum Gasteiger partial charge on any atom is -0.487 e. The molecule has 1 atom stereocenters. The van der Waals surface area contributed by atoms with E-state index < -0.39 is 5.60 Å². The molecule has 0 bridgehead atoms. The number of rotatable bonds is 7. The quantitative estimate of drug-likeness (QED) is 0.599. The Morgan fingerprint density at radius 3 is 2.61 bits per heavy atom. The fraction of sp³-hybridized carbons (Fsp3) is 0.538. The van der Waals surface area contributed by atoms with Gasteiger partial charge < -0.3 is 19.8 Å². The number of ether oxygens (including phenoxy) is 1. The molecule has 1 aromatic carbocycles. The van der Waals surface area contributed by atoms with Crippen molar-refractivity contribution in [2.75, 3.05) is 26.2 Å². The first-order valence-corrected chi connectivity index (χ1v) is 11.8. The van der Waals surface area contributed by atoms with Gasteiger partial charge in [-0.05, 0) is 67.2 Å². The number of likely N-dealkylation sites (tertiary alicyclic amines) is 1. The number of halogens is 1. The highest BCUT2D eigenvalue weighted by Gasteiger charge is 2.40. The summed E-state index contributed by atoms with van der Waals surface area (Å²) >= 11 is 6.62. The molecule has 0 spiro atoms. The van der Waals surface area contributed by atoms with Crippen molar-refractivity contribution in [3.8, 4) is 5.75 Å². The van der Waals surface area contributed by atoms with E-state index >= 15 is 0 Å². The van der Waals surface area contributed by atoms with Gasteiger partial charge >= 0.3 is 0 Å². The Kier molecular flexibility index (Phi) is 7.40. The molecule has 2 aliphatic carbocycles. The number of aliphatic hydroxyl groups is 2. The molecule has 166 valence electrons. The Hall–Kier alpha value is -1.77. The van der Waals surface area contributed by atoms with Crippen molar-refractivity contribution in [3.63, 3.8) is 0 Å². The Bertz CT molecular complexity index is 897. The third-order valence-corrected chi connectivity index (χ3v) is 7.14. The van der Waals surface area contributed by atoms with E-state index in [-0.39, 0.29) is 12.0 Å². The number of hydrogen-bond acceptors (Lipinski definition) is 4. The lowest BCUT2D eigenvalue weighted by molar-refractivity contribution is -0.0353. The van der Waals surface area contributed by atoms with Gasteiger partial charge in [0.25, 0.3) is 0 Å². The van der Waals surface area contributed by atoms with E-state index in [2.05, 4.69) is 22.4 Å². The lowest BCUT2D eigenvalue weighted by Crippen LogP contribution is -2.46. The minimum atomic E-state index is -0.712. The molecule has 1 unspecified atom stereocenters. The highest BCUT2D eigenvalue weighted by molar-refractivity contribution is 6.32. The molecule has 4 nitrogen and oxygen atoms in total. The van der Waals surface area contributed by atoms with Crippen molar-refractivity contribution >= 4 is 11.6 Å². The molecular weight excluding hydrogens is 410 g/mol. The molecule has 1 aromatic rings. The van der Waals surface area contributed by atoms with Gasteiger partial charge in [-0.25, -0.2) is 0 Å². The molecule has 3 aliphatic rings. The summed E-state index contributed by atoms with van der Waals surface area (Å²) in [6.45, 7) is 2.95. The van der Waals surface area contributed by atoms with Gasteiger partial charge in [-0.15, -0.1) is 0 Å². The zero-order valence-corrected chi connectivity index (χ0v) is 18.8. The molecular formula is C26H32ClNO3. The van der Waals surface area contributed by atoms with Gasteiger partial charge in [0, 0.05) is 25.6 Å². The van der Waals surface area contributed by atoms with Gasteiger partial charge in [0.2, 0.25) is 0 Å². The maximum absolute atomic E-state index is 11.6. The van der Waals surface area contributed by atoms with Crippen LogP contribution in [0.3, 0.4) is 0 Å². The SMILES string of the molecule is OC1CCN(CC(c2ccc(OCC3=CC=C=C=C3)c(Cl)c2)C2(O)CCCCC2)CC1. The van der Waals surface area contributed by atoms with Gasteiger partial charge in [0.15, 0.2) is 0 Å². The number of nitrogens with zero attached hydrogens (tertiary/aromatic N) is 1. The predicted octanol–water partition coefficient (Wildman–Crippen LogP) is 4.76. The summed E-state index contributed by atoms with van der Waals surface area (Å²) in [4.78, 5) is 2.38. The van der Waals surface area contributed by atoms with E-state index in [0.717, 1.165) is 69.3 Å². The lowest BCUT2D eigenvalue weighted by atomic mass is 9.72. The van der Waals surface area contributed by atoms with Crippen molar-refractivity contribution in [2.24, 2.45) is 0 Å². The molecule has 0 aromatic heterocycles. The van der Waals surface area contributed by atoms with Crippen molar-refractivity contribution in [1.29, 1.82) is 0 Å². The average Bonchev–Trinajstić information content (AvgIpc) is 2.79. The van der Waals surface area contributed by atoms with Gasteiger partial charge in [-0.2, -0.15) is 0 Å². The van der Waals surface area contributed by atoms with Crippen LogP contribution < -0.4 is 4.74 Å². The van der Waals surface area contributed by atoms with Crippen LogP contribution in [0.4, 0.5) is 0 Å². The molecule has 4 rings (SSSR count). The van der Waals surface area contributed by atoms with Crippen LogP contribution in [0.25, 0.3) is 0 Å². The fourth-order valence-corrected chi connectivity index (χ4v) is 5.18. The molecule has 0 amide bonds. The van der Waals surface area contributed by atoms with Crippen molar-refractivity contribution in [1.82, 2.24) is 4.90 Å². The molecule has 31 heavy (non-hydrogen) atoms. The van der Waals surface area contributed by atoms with Crippen LogP contribution in [0.5, 0.6) is 5.75 Å². The minimum absolute atomic E-state index is 0.00569. The number of aliphatic hydroxyl groups excluding tert-OH is 1. The third kappa shape index (κ3) is 5.73. The second-order valence-electron chi connectivity index (χ2n) is 9.07. The monoisotopic (exact) mass is 441 g/mol. The fourth-order valence-electron chi connectivity index (χ4n) is 4.94. The molecule has 1 saturated carbocycles. The van der Waals surface area contributed by atoms with E-state index in [1.807, 2.05) is 30.4 Å². The lowest BCUT2D eigenvalue weighted by Gasteiger charge is -2.43. The molecule has 2 fully saturated rings. The van der Waals surface area contributed by atoms with E-state index in [4.69, 9.17) is 16.3 Å². The number of hydrogen-bond donors (Lipinski definition) is 2. The Morgan fingerprint density at radius 1 is 1.16 bits per heavy atom. The molecule has 1 aliphatic heterocycles. The molecule has 1 saturated heterocycles. The Morgan fingerprint density at radius 2 is 1.94 bits per heavy atom. The summed E-state index contributed by atoms with van der Waals surface area (Å²) in [5, 5.41) is 22.1. The smallest absolute Gasteiger partial charge is 0.138 e. The zero-order valence-electron chi connectivity index (χ0n) is 18.0. The maximum Gasteiger partial charge on any atom is 0.138 e. The summed E-state index contributed by atoms with van der Waals surface area (Å²) < 4.78 is 5.92. The molecule has 1 heterocycles. The van der Waals surface area contributed by atoms with Crippen molar-refractivity contribution < 1.29 is 14.9 Å². The normalized spacial score (nSPS) is 22.4. The molecule has 2 N–H and O–H groups in total. The van der Waals surface area contributed by atoms with E-state index in [1.54, 1.807) is 0 Å². The Labute approximate surface area is 190 Å². The van der Waals surface area contributed by atoms with Gasteiger partial charge in [0.1, 0.15) is 12.4 Å². The van der Waals surface area contributed by atoms with Crippen LogP contribution >= 0.6 is 11.6 Å². The van der Waals surface area contributed by atoms with Crippen molar-refractivity contribution in [2.45, 2.75) is 62.6 Å². The maximum atomic E-state index is 11.6. The summed E-state index contributed by atoms with van der Waals surface area (Å²) in [5.41, 5.74) is 7.18. The molecule has 0 radical (unpaired) electrons.